The van der Waals surface area contributed by atoms with E-state index in [1.807, 2.05) is 17.0 Å². The highest BCUT2D eigenvalue weighted by Gasteiger charge is 2.41. The highest BCUT2D eigenvalue weighted by atomic mass is 16.5. The molecule has 2 heterocycles. The summed E-state index contributed by atoms with van der Waals surface area (Å²) < 4.78 is 11.9. The van der Waals surface area contributed by atoms with E-state index in [1.54, 1.807) is 0 Å². The average molecular weight is 331 g/mol. The SMILES string of the molecule is CCOC1CCOC2(CCN(C(=O)Cc3cccc(C)c3)CC2)C1. The summed E-state index contributed by atoms with van der Waals surface area (Å²) in [5.74, 6) is 0.229. The summed E-state index contributed by atoms with van der Waals surface area (Å²) in [4.78, 5) is 14.6. The van der Waals surface area contributed by atoms with E-state index in [2.05, 4.69) is 26.0 Å². The van der Waals surface area contributed by atoms with Crippen LogP contribution in [0.5, 0.6) is 0 Å². The molecule has 0 aliphatic carbocycles. The maximum atomic E-state index is 12.6. The standard InChI is InChI=1S/C20H29NO3/c1-3-23-18-7-12-24-20(15-18)8-10-21(11-9-20)19(22)14-17-6-4-5-16(2)13-17/h4-6,13,18H,3,7-12,14-15H2,1-2H3. The second-order valence-electron chi connectivity index (χ2n) is 7.15. The first-order chi connectivity index (χ1) is 11.6. The molecular weight excluding hydrogens is 302 g/mol. The number of rotatable bonds is 4. The van der Waals surface area contributed by atoms with E-state index in [4.69, 9.17) is 9.47 Å². The zero-order valence-corrected chi connectivity index (χ0v) is 14.9. The summed E-state index contributed by atoms with van der Waals surface area (Å²) in [5.41, 5.74) is 2.24. The van der Waals surface area contributed by atoms with Crippen molar-refractivity contribution >= 4 is 5.91 Å². The van der Waals surface area contributed by atoms with Gasteiger partial charge in [0.2, 0.25) is 5.91 Å². The Morgan fingerprint density at radius 3 is 2.88 bits per heavy atom. The van der Waals surface area contributed by atoms with Crippen LogP contribution in [0.25, 0.3) is 0 Å². The molecule has 3 rings (SSSR count). The Morgan fingerprint density at radius 1 is 1.38 bits per heavy atom. The lowest BCUT2D eigenvalue weighted by Crippen LogP contribution is -2.52. The molecule has 0 radical (unpaired) electrons. The molecule has 2 aliphatic rings. The average Bonchev–Trinajstić information content (AvgIpc) is 2.56. The fraction of sp³-hybridized carbons (Fsp3) is 0.650. The summed E-state index contributed by atoms with van der Waals surface area (Å²) >= 11 is 0. The molecule has 1 aromatic carbocycles. The second-order valence-corrected chi connectivity index (χ2v) is 7.15. The van der Waals surface area contributed by atoms with Crippen LogP contribution in [0.2, 0.25) is 0 Å². The quantitative estimate of drug-likeness (QED) is 0.851. The van der Waals surface area contributed by atoms with Crippen LogP contribution in [0.15, 0.2) is 24.3 Å². The van der Waals surface area contributed by atoms with Crippen molar-refractivity contribution in [2.24, 2.45) is 0 Å². The monoisotopic (exact) mass is 331 g/mol. The number of aryl methyl sites for hydroxylation is 1. The third-order valence-corrected chi connectivity index (χ3v) is 5.32. The van der Waals surface area contributed by atoms with Crippen molar-refractivity contribution < 1.29 is 14.3 Å². The Kier molecular flexibility index (Phi) is 5.57. The fourth-order valence-electron chi connectivity index (χ4n) is 3.98. The molecular formula is C20H29NO3. The molecule has 4 heteroatoms. The van der Waals surface area contributed by atoms with Crippen molar-refractivity contribution in [2.45, 2.75) is 57.7 Å². The maximum Gasteiger partial charge on any atom is 0.226 e. The first kappa shape index (κ1) is 17.4. The van der Waals surface area contributed by atoms with Gasteiger partial charge in [0, 0.05) is 32.7 Å². The molecule has 2 saturated heterocycles. The number of carbonyl (C=O) groups excluding carboxylic acids is 1. The number of hydrogen-bond acceptors (Lipinski definition) is 3. The number of amides is 1. The van der Waals surface area contributed by atoms with Gasteiger partial charge in [-0.25, -0.2) is 0 Å². The van der Waals surface area contributed by atoms with Crippen molar-refractivity contribution in [3.63, 3.8) is 0 Å². The molecule has 1 unspecified atom stereocenters. The summed E-state index contributed by atoms with van der Waals surface area (Å²) in [6.45, 7) is 7.25. The minimum atomic E-state index is -0.0712. The lowest BCUT2D eigenvalue weighted by molar-refractivity contribution is -0.160. The summed E-state index contributed by atoms with van der Waals surface area (Å²) in [6, 6.07) is 8.22. The minimum Gasteiger partial charge on any atom is -0.378 e. The van der Waals surface area contributed by atoms with Crippen LogP contribution >= 0.6 is 0 Å². The number of piperidine rings is 1. The molecule has 24 heavy (non-hydrogen) atoms. The Balaban J connectivity index is 1.53. The van der Waals surface area contributed by atoms with Crippen LogP contribution in [0.1, 0.15) is 43.7 Å². The van der Waals surface area contributed by atoms with Gasteiger partial charge in [-0.05, 0) is 38.7 Å². The van der Waals surface area contributed by atoms with Gasteiger partial charge in [-0.15, -0.1) is 0 Å². The van der Waals surface area contributed by atoms with Gasteiger partial charge in [0.1, 0.15) is 0 Å². The molecule has 0 aromatic heterocycles. The number of ether oxygens (including phenoxy) is 2. The first-order valence-corrected chi connectivity index (χ1v) is 9.19. The topological polar surface area (TPSA) is 38.8 Å². The van der Waals surface area contributed by atoms with E-state index >= 15 is 0 Å². The van der Waals surface area contributed by atoms with E-state index < -0.39 is 0 Å². The Labute approximate surface area is 145 Å². The van der Waals surface area contributed by atoms with Crippen molar-refractivity contribution in [3.8, 4) is 0 Å². The highest BCUT2D eigenvalue weighted by Crippen LogP contribution is 2.36. The number of nitrogens with zero attached hydrogens (tertiary/aromatic N) is 1. The molecule has 1 aromatic rings. The van der Waals surface area contributed by atoms with E-state index in [-0.39, 0.29) is 11.5 Å². The zero-order chi connectivity index (χ0) is 17.0. The maximum absolute atomic E-state index is 12.6. The summed E-state index contributed by atoms with van der Waals surface area (Å²) in [7, 11) is 0. The molecule has 1 amide bonds. The van der Waals surface area contributed by atoms with Gasteiger partial charge in [0.05, 0.1) is 18.1 Å². The molecule has 0 N–H and O–H groups in total. The molecule has 4 nitrogen and oxygen atoms in total. The molecule has 2 aliphatic heterocycles. The highest BCUT2D eigenvalue weighted by molar-refractivity contribution is 5.79. The Bertz CT molecular complexity index is 562. The van der Waals surface area contributed by atoms with Gasteiger partial charge in [0.15, 0.2) is 0 Å². The number of carbonyl (C=O) groups is 1. The Morgan fingerprint density at radius 2 is 2.17 bits per heavy atom. The third-order valence-electron chi connectivity index (χ3n) is 5.32. The van der Waals surface area contributed by atoms with Gasteiger partial charge in [-0.3, -0.25) is 4.79 Å². The van der Waals surface area contributed by atoms with Crippen molar-refractivity contribution in [1.29, 1.82) is 0 Å². The lowest BCUT2D eigenvalue weighted by Gasteiger charge is -2.46. The van der Waals surface area contributed by atoms with Crippen LogP contribution in [0, 0.1) is 6.92 Å². The fourth-order valence-corrected chi connectivity index (χ4v) is 3.98. The predicted molar refractivity (Wildman–Crippen MR) is 94.0 cm³/mol. The van der Waals surface area contributed by atoms with Crippen LogP contribution in [-0.4, -0.2) is 48.8 Å². The van der Waals surface area contributed by atoms with Crippen LogP contribution in [-0.2, 0) is 20.7 Å². The van der Waals surface area contributed by atoms with E-state index in [9.17, 15) is 4.79 Å². The van der Waals surface area contributed by atoms with Gasteiger partial charge < -0.3 is 14.4 Å². The largest absolute Gasteiger partial charge is 0.378 e. The van der Waals surface area contributed by atoms with Crippen molar-refractivity contribution in [2.75, 3.05) is 26.3 Å². The van der Waals surface area contributed by atoms with Crippen LogP contribution in [0.3, 0.4) is 0 Å². The van der Waals surface area contributed by atoms with Gasteiger partial charge in [-0.1, -0.05) is 29.8 Å². The molecule has 1 spiro atoms. The molecule has 0 bridgehead atoms. The number of hydrogen-bond donors (Lipinski definition) is 0. The lowest BCUT2D eigenvalue weighted by atomic mass is 9.83. The predicted octanol–water partition coefficient (Wildman–Crippen LogP) is 3.11. The molecule has 132 valence electrons. The van der Waals surface area contributed by atoms with Crippen LogP contribution in [0.4, 0.5) is 0 Å². The summed E-state index contributed by atoms with van der Waals surface area (Å²) in [5, 5.41) is 0. The zero-order valence-electron chi connectivity index (χ0n) is 14.9. The van der Waals surface area contributed by atoms with Crippen molar-refractivity contribution in [1.82, 2.24) is 4.90 Å². The van der Waals surface area contributed by atoms with E-state index in [1.165, 1.54) is 5.56 Å². The van der Waals surface area contributed by atoms with Gasteiger partial charge in [0.25, 0.3) is 0 Å². The second kappa shape index (κ2) is 7.66. The number of benzene rings is 1. The smallest absolute Gasteiger partial charge is 0.226 e. The van der Waals surface area contributed by atoms with E-state index in [0.717, 1.165) is 57.6 Å². The number of likely N-dealkylation sites (tertiary alicyclic amines) is 1. The normalized spacial score (nSPS) is 23.4. The molecule has 1 atom stereocenters. The molecule has 0 saturated carbocycles. The third kappa shape index (κ3) is 4.17. The van der Waals surface area contributed by atoms with Crippen molar-refractivity contribution in [3.05, 3.63) is 35.4 Å². The first-order valence-electron chi connectivity index (χ1n) is 9.19. The van der Waals surface area contributed by atoms with Gasteiger partial charge >= 0.3 is 0 Å². The van der Waals surface area contributed by atoms with Crippen LogP contribution < -0.4 is 0 Å². The van der Waals surface area contributed by atoms with Gasteiger partial charge in [-0.2, -0.15) is 0 Å². The minimum absolute atomic E-state index is 0.0712. The Hall–Kier alpha value is -1.39. The van der Waals surface area contributed by atoms with E-state index in [0.29, 0.717) is 12.5 Å². The molecule has 2 fully saturated rings. The summed E-state index contributed by atoms with van der Waals surface area (Å²) in [6.07, 6.45) is 4.63.